The summed E-state index contributed by atoms with van der Waals surface area (Å²) in [7, 11) is -3.19. The molecule has 0 saturated carbocycles. The lowest BCUT2D eigenvalue weighted by Crippen LogP contribution is -2.54. The van der Waals surface area contributed by atoms with E-state index in [4.69, 9.17) is 27.9 Å². The van der Waals surface area contributed by atoms with Crippen molar-refractivity contribution in [1.82, 2.24) is 9.62 Å². The van der Waals surface area contributed by atoms with Gasteiger partial charge >= 0.3 is 5.97 Å². The monoisotopic (exact) mass is 468 g/mol. The van der Waals surface area contributed by atoms with Crippen molar-refractivity contribution in [2.75, 3.05) is 7.11 Å². The molecule has 0 bridgehead atoms. The third-order valence-electron chi connectivity index (χ3n) is 5.27. The van der Waals surface area contributed by atoms with Gasteiger partial charge in [0.1, 0.15) is 0 Å². The van der Waals surface area contributed by atoms with E-state index in [1.807, 2.05) is 0 Å². The number of fused-ring (bicyclic) bond motifs is 2. The fraction of sp³-hybridized carbons (Fsp3) is 0.211. The molecule has 4 rings (SSSR count). The zero-order valence-corrected chi connectivity index (χ0v) is 17.7. The molecular weight excluding hydrogens is 455 g/mol. The van der Waals surface area contributed by atoms with Gasteiger partial charge in [0.2, 0.25) is 15.9 Å². The fourth-order valence-electron chi connectivity index (χ4n) is 3.99. The summed E-state index contributed by atoms with van der Waals surface area (Å²) in [4.78, 5) is 38.1. The number of nitrogens with one attached hydrogen (secondary N) is 1. The Balaban J connectivity index is 1.99. The number of esters is 1. The molecule has 8 nitrogen and oxygen atoms in total. The number of carbonyl (C=O) groups excluding carboxylic acids is 3. The maximum atomic E-state index is 13.4. The topological polar surface area (TPSA) is 110 Å². The number of nitrogens with zero attached hydrogens (tertiary/aromatic N) is 1. The Labute approximate surface area is 181 Å². The first-order chi connectivity index (χ1) is 14.1. The van der Waals surface area contributed by atoms with Crippen LogP contribution in [0.15, 0.2) is 47.4 Å². The fourth-order valence-corrected chi connectivity index (χ4v) is 6.29. The third kappa shape index (κ3) is 2.70. The van der Waals surface area contributed by atoms with E-state index in [9.17, 15) is 22.8 Å². The number of benzene rings is 2. The van der Waals surface area contributed by atoms with E-state index in [1.165, 1.54) is 36.4 Å². The van der Waals surface area contributed by atoms with Gasteiger partial charge in [0.05, 0.1) is 22.1 Å². The highest BCUT2D eigenvalue weighted by Gasteiger charge is 2.70. The minimum Gasteiger partial charge on any atom is -0.468 e. The number of carbonyl (C=O) groups is 3. The van der Waals surface area contributed by atoms with E-state index >= 15 is 0 Å². The molecule has 156 valence electrons. The van der Waals surface area contributed by atoms with E-state index in [1.54, 1.807) is 6.07 Å². The van der Waals surface area contributed by atoms with E-state index < -0.39 is 39.3 Å². The van der Waals surface area contributed by atoms with Gasteiger partial charge in [0.15, 0.2) is 11.5 Å². The quantitative estimate of drug-likeness (QED) is 0.418. The van der Waals surface area contributed by atoms with Crippen LogP contribution in [-0.2, 0) is 41.2 Å². The summed E-state index contributed by atoms with van der Waals surface area (Å²) in [6.07, 6.45) is 0. The van der Waals surface area contributed by atoms with E-state index in [0.717, 1.165) is 11.4 Å². The summed E-state index contributed by atoms with van der Waals surface area (Å²) in [5, 5.41) is 2.55. The maximum Gasteiger partial charge on any atom is 0.321 e. The Morgan fingerprint density at radius 2 is 1.87 bits per heavy atom. The highest BCUT2D eigenvalue weighted by molar-refractivity contribution is 7.89. The number of sulfonamides is 1. The molecule has 2 atom stereocenters. The molecular formula is C19H14Cl2N2O6S. The molecule has 2 aliphatic heterocycles. The standard InChI is InChI=1S/C19H14Cl2N2O6S/c1-29-17(25)15-16(24)22-18(26)19(15)11-4-2-3-5-14(11)30(27,28)23(19)9-10-6-7-12(20)13(21)8-10/h2-8,15H,9H2,1H3,(H,22,24,26). The molecule has 1 saturated heterocycles. The second-order valence-corrected chi connectivity index (χ2v) is 9.44. The van der Waals surface area contributed by atoms with Crippen LogP contribution in [0.1, 0.15) is 11.1 Å². The smallest absolute Gasteiger partial charge is 0.321 e. The minimum atomic E-state index is -4.25. The van der Waals surface area contributed by atoms with Crippen molar-refractivity contribution in [2.45, 2.75) is 17.0 Å². The Hall–Kier alpha value is -2.46. The summed E-state index contributed by atoms with van der Waals surface area (Å²) in [6.45, 7) is -0.331. The molecule has 11 heteroatoms. The lowest BCUT2D eigenvalue weighted by molar-refractivity contribution is -0.154. The Bertz CT molecular complexity index is 1220. The first-order valence-electron chi connectivity index (χ1n) is 8.65. The molecule has 0 aromatic heterocycles. The summed E-state index contributed by atoms with van der Waals surface area (Å²) >= 11 is 12.0. The van der Waals surface area contributed by atoms with Crippen LogP contribution in [0.2, 0.25) is 10.0 Å². The van der Waals surface area contributed by atoms with Gasteiger partial charge in [-0.05, 0) is 23.8 Å². The first kappa shape index (κ1) is 20.8. The van der Waals surface area contributed by atoms with Crippen molar-refractivity contribution >= 4 is 51.0 Å². The van der Waals surface area contributed by atoms with Gasteiger partial charge in [-0.25, -0.2) is 8.42 Å². The molecule has 1 spiro atoms. The lowest BCUT2D eigenvalue weighted by atomic mass is 9.79. The number of hydrogen-bond donors (Lipinski definition) is 1. The molecule has 0 radical (unpaired) electrons. The highest BCUT2D eigenvalue weighted by atomic mass is 35.5. The number of rotatable bonds is 3. The number of hydrogen-bond acceptors (Lipinski definition) is 6. The van der Waals surface area contributed by atoms with Gasteiger partial charge in [-0.1, -0.05) is 47.5 Å². The van der Waals surface area contributed by atoms with Gasteiger partial charge in [0, 0.05) is 12.1 Å². The number of imide groups is 1. The maximum absolute atomic E-state index is 13.4. The second kappa shape index (κ2) is 7.05. The number of halogens is 2. The number of methoxy groups -OCH3 is 1. The van der Waals surface area contributed by atoms with Gasteiger partial charge in [-0.2, -0.15) is 4.31 Å². The van der Waals surface area contributed by atoms with Crippen molar-refractivity contribution in [3.05, 3.63) is 63.6 Å². The molecule has 30 heavy (non-hydrogen) atoms. The molecule has 2 aliphatic rings. The van der Waals surface area contributed by atoms with E-state index in [0.29, 0.717) is 5.56 Å². The van der Waals surface area contributed by atoms with Crippen molar-refractivity contribution in [3.8, 4) is 0 Å². The molecule has 1 N–H and O–H groups in total. The molecule has 2 aromatic rings. The predicted molar refractivity (Wildman–Crippen MR) is 106 cm³/mol. The zero-order chi connectivity index (χ0) is 21.8. The van der Waals surface area contributed by atoms with Crippen molar-refractivity contribution in [1.29, 1.82) is 0 Å². The van der Waals surface area contributed by atoms with Crippen LogP contribution in [0.5, 0.6) is 0 Å². The normalized spacial score (nSPS) is 24.7. The largest absolute Gasteiger partial charge is 0.468 e. The summed E-state index contributed by atoms with van der Waals surface area (Å²) < 4.78 is 32.5. The van der Waals surface area contributed by atoms with Crippen molar-refractivity contribution < 1.29 is 27.5 Å². The lowest BCUT2D eigenvalue weighted by Gasteiger charge is -2.34. The van der Waals surface area contributed by atoms with Crippen LogP contribution in [-0.4, -0.2) is 37.6 Å². The van der Waals surface area contributed by atoms with Gasteiger partial charge in [0.25, 0.3) is 5.91 Å². The van der Waals surface area contributed by atoms with Gasteiger partial charge in [-0.3, -0.25) is 19.7 Å². The van der Waals surface area contributed by atoms with Crippen LogP contribution >= 0.6 is 23.2 Å². The van der Waals surface area contributed by atoms with Crippen molar-refractivity contribution in [2.24, 2.45) is 5.92 Å². The van der Waals surface area contributed by atoms with E-state index in [-0.39, 0.29) is 27.0 Å². The number of ether oxygens (including phenoxy) is 1. The summed E-state index contributed by atoms with van der Waals surface area (Å²) in [5.74, 6) is -4.59. The van der Waals surface area contributed by atoms with Crippen LogP contribution in [0, 0.1) is 5.92 Å². The van der Waals surface area contributed by atoms with Crippen LogP contribution < -0.4 is 5.32 Å². The van der Waals surface area contributed by atoms with Gasteiger partial charge in [-0.15, -0.1) is 0 Å². The molecule has 2 aromatic carbocycles. The minimum absolute atomic E-state index is 0.0313. The molecule has 1 fully saturated rings. The Morgan fingerprint density at radius 3 is 2.53 bits per heavy atom. The predicted octanol–water partition coefficient (Wildman–Crippen LogP) is 1.84. The van der Waals surface area contributed by atoms with E-state index in [2.05, 4.69) is 5.32 Å². The number of amides is 2. The summed E-state index contributed by atoms with van der Waals surface area (Å²) in [5.41, 5.74) is -1.68. The SMILES string of the molecule is COC(=O)C1C(=O)NC(=O)C12c1ccccc1S(=O)(=O)N2Cc1ccc(Cl)c(Cl)c1. The van der Waals surface area contributed by atoms with Gasteiger partial charge < -0.3 is 4.74 Å². The third-order valence-corrected chi connectivity index (χ3v) is 7.92. The first-order valence-corrected chi connectivity index (χ1v) is 10.8. The second-order valence-electron chi connectivity index (χ2n) is 6.80. The average Bonchev–Trinajstić information content (AvgIpc) is 3.08. The van der Waals surface area contributed by atoms with Crippen LogP contribution in [0.25, 0.3) is 0 Å². The average molecular weight is 469 g/mol. The Morgan fingerprint density at radius 1 is 1.17 bits per heavy atom. The highest BCUT2D eigenvalue weighted by Crippen LogP contribution is 2.52. The van der Waals surface area contributed by atoms with Crippen molar-refractivity contribution in [3.63, 3.8) is 0 Å². The molecule has 2 amide bonds. The Kier molecular flexibility index (Phi) is 4.89. The molecule has 2 heterocycles. The van der Waals surface area contributed by atoms with Crippen LogP contribution in [0.3, 0.4) is 0 Å². The summed E-state index contributed by atoms with van der Waals surface area (Å²) in [6, 6.07) is 10.2. The van der Waals surface area contributed by atoms with Crippen LogP contribution in [0.4, 0.5) is 0 Å². The molecule has 0 aliphatic carbocycles. The zero-order valence-electron chi connectivity index (χ0n) is 15.4. The molecule has 2 unspecified atom stereocenters.